The van der Waals surface area contributed by atoms with E-state index < -0.39 is 0 Å². The van der Waals surface area contributed by atoms with Crippen molar-refractivity contribution < 1.29 is 9.84 Å². The molecule has 1 saturated carbocycles. The molecular weight excluding hydrogens is 300 g/mol. The molecule has 0 atom stereocenters. The second-order valence-electron chi connectivity index (χ2n) is 7.16. The van der Waals surface area contributed by atoms with Crippen molar-refractivity contribution in [2.75, 3.05) is 26.3 Å². The predicted molar refractivity (Wildman–Crippen MR) is 97.3 cm³/mol. The maximum atomic E-state index is 8.94. The largest absolute Gasteiger partial charge is 0.491 e. The normalized spacial score (nSPS) is 21.0. The summed E-state index contributed by atoms with van der Waals surface area (Å²) in [6.45, 7) is 3.74. The predicted octanol–water partition coefficient (Wildman–Crippen LogP) is 2.94. The number of nitrogens with one attached hydrogen (secondary N) is 1. The number of aliphatic hydroxyl groups excluding tert-OH is 1. The highest BCUT2D eigenvalue weighted by Gasteiger charge is 2.25. The molecule has 4 heteroatoms. The number of para-hydroxylation sites is 1. The van der Waals surface area contributed by atoms with Crippen molar-refractivity contribution in [3.05, 3.63) is 29.8 Å². The van der Waals surface area contributed by atoms with Crippen molar-refractivity contribution in [2.45, 2.75) is 63.6 Å². The summed E-state index contributed by atoms with van der Waals surface area (Å²) in [4.78, 5) is 2.73. The molecule has 1 aliphatic heterocycles. The Labute approximate surface area is 146 Å². The second kappa shape index (κ2) is 9.40. The minimum absolute atomic E-state index is 0.0569. The van der Waals surface area contributed by atoms with E-state index >= 15 is 0 Å². The average Bonchev–Trinajstić information content (AvgIpc) is 2.66. The Balaban J connectivity index is 1.43. The van der Waals surface area contributed by atoms with Crippen LogP contribution in [0, 0.1) is 0 Å². The number of rotatable bonds is 7. The van der Waals surface area contributed by atoms with Crippen molar-refractivity contribution in [1.82, 2.24) is 10.2 Å². The van der Waals surface area contributed by atoms with Crippen LogP contribution >= 0.6 is 0 Å². The number of hydrogen-bond donors (Lipinski definition) is 2. The molecule has 0 radical (unpaired) electrons. The Morgan fingerprint density at radius 2 is 1.79 bits per heavy atom. The lowest BCUT2D eigenvalue weighted by Crippen LogP contribution is -2.47. The fraction of sp³-hybridized carbons (Fsp3) is 0.700. The van der Waals surface area contributed by atoms with Gasteiger partial charge in [0.15, 0.2) is 0 Å². The van der Waals surface area contributed by atoms with Crippen LogP contribution in [0.5, 0.6) is 5.75 Å². The van der Waals surface area contributed by atoms with Crippen LogP contribution in [-0.2, 0) is 6.54 Å². The number of aliphatic hydroxyl groups is 1. The molecule has 2 fully saturated rings. The van der Waals surface area contributed by atoms with Crippen LogP contribution in [0.4, 0.5) is 0 Å². The Kier molecular flexibility index (Phi) is 6.94. The Morgan fingerprint density at radius 3 is 2.54 bits per heavy atom. The Morgan fingerprint density at radius 1 is 1.04 bits per heavy atom. The number of nitrogens with zero attached hydrogens (tertiary/aromatic N) is 1. The number of piperidine rings is 1. The summed E-state index contributed by atoms with van der Waals surface area (Å²) in [6, 6.07) is 9.59. The van der Waals surface area contributed by atoms with E-state index in [2.05, 4.69) is 22.3 Å². The van der Waals surface area contributed by atoms with Gasteiger partial charge >= 0.3 is 0 Å². The maximum absolute atomic E-state index is 8.94. The fourth-order valence-corrected chi connectivity index (χ4v) is 4.12. The zero-order valence-corrected chi connectivity index (χ0v) is 14.8. The van der Waals surface area contributed by atoms with Gasteiger partial charge in [-0.15, -0.1) is 0 Å². The first kappa shape index (κ1) is 17.7. The highest BCUT2D eigenvalue weighted by molar-refractivity contribution is 5.33. The lowest BCUT2D eigenvalue weighted by Gasteiger charge is -2.39. The summed E-state index contributed by atoms with van der Waals surface area (Å²) < 4.78 is 5.62. The van der Waals surface area contributed by atoms with Gasteiger partial charge in [-0.3, -0.25) is 0 Å². The molecule has 134 valence electrons. The minimum atomic E-state index is 0.0569. The molecule has 1 saturated heterocycles. The van der Waals surface area contributed by atoms with Crippen molar-refractivity contribution >= 4 is 0 Å². The molecule has 24 heavy (non-hydrogen) atoms. The third kappa shape index (κ3) is 4.95. The van der Waals surface area contributed by atoms with Gasteiger partial charge in [0.2, 0.25) is 0 Å². The summed E-state index contributed by atoms with van der Waals surface area (Å²) in [5.74, 6) is 0.888. The first-order valence-corrected chi connectivity index (χ1v) is 9.66. The first-order chi connectivity index (χ1) is 11.9. The maximum Gasteiger partial charge on any atom is 0.123 e. The monoisotopic (exact) mass is 332 g/mol. The minimum Gasteiger partial charge on any atom is -0.491 e. The van der Waals surface area contributed by atoms with Crippen LogP contribution in [0.25, 0.3) is 0 Å². The smallest absolute Gasteiger partial charge is 0.123 e. The standard InChI is InChI=1S/C20H32N2O2/c23-14-15-24-20-9-5-4-6-17(20)16-21-18-10-12-22(13-11-18)19-7-2-1-3-8-19/h4-6,9,18-19,21,23H,1-3,7-8,10-16H2. The summed E-state index contributed by atoms with van der Waals surface area (Å²) in [5.41, 5.74) is 1.18. The number of benzene rings is 1. The van der Waals surface area contributed by atoms with Crippen molar-refractivity contribution in [3.63, 3.8) is 0 Å². The molecule has 3 rings (SSSR count). The number of hydrogen-bond acceptors (Lipinski definition) is 4. The topological polar surface area (TPSA) is 44.7 Å². The van der Waals surface area contributed by atoms with Crippen LogP contribution in [-0.4, -0.2) is 48.4 Å². The van der Waals surface area contributed by atoms with Gasteiger partial charge in [-0.05, 0) is 44.8 Å². The molecule has 2 aliphatic rings. The van der Waals surface area contributed by atoms with Crippen molar-refractivity contribution in [3.8, 4) is 5.75 Å². The van der Waals surface area contributed by atoms with Gasteiger partial charge in [-0.1, -0.05) is 37.5 Å². The molecule has 1 aromatic carbocycles. The van der Waals surface area contributed by atoms with E-state index in [1.807, 2.05) is 12.1 Å². The van der Waals surface area contributed by atoms with Crippen molar-refractivity contribution in [2.24, 2.45) is 0 Å². The van der Waals surface area contributed by atoms with Crippen LogP contribution in [0.3, 0.4) is 0 Å². The summed E-state index contributed by atoms with van der Waals surface area (Å²) in [6.07, 6.45) is 9.60. The molecule has 0 aromatic heterocycles. The average molecular weight is 332 g/mol. The third-order valence-electron chi connectivity index (χ3n) is 5.52. The molecule has 1 aliphatic carbocycles. The summed E-state index contributed by atoms with van der Waals surface area (Å²) in [5, 5.41) is 12.6. The third-order valence-corrected chi connectivity index (χ3v) is 5.52. The van der Waals surface area contributed by atoms with Crippen molar-refractivity contribution in [1.29, 1.82) is 0 Å². The molecule has 4 nitrogen and oxygen atoms in total. The highest BCUT2D eigenvalue weighted by atomic mass is 16.5. The SMILES string of the molecule is OCCOc1ccccc1CNC1CCN(C2CCCCC2)CC1. The molecule has 0 amide bonds. The second-order valence-corrected chi connectivity index (χ2v) is 7.16. The van der Waals surface area contributed by atoms with Gasteiger partial charge in [0.25, 0.3) is 0 Å². The van der Waals surface area contributed by atoms with Gasteiger partial charge < -0.3 is 20.1 Å². The van der Waals surface area contributed by atoms with E-state index in [-0.39, 0.29) is 6.61 Å². The van der Waals surface area contributed by atoms with Crippen LogP contribution < -0.4 is 10.1 Å². The lowest BCUT2D eigenvalue weighted by atomic mass is 9.92. The van der Waals surface area contributed by atoms with E-state index in [0.717, 1.165) is 18.3 Å². The van der Waals surface area contributed by atoms with E-state index in [1.54, 1.807) is 0 Å². The van der Waals surface area contributed by atoms with Crippen LogP contribution in [0.1, 0.15) is 50.5 Å². The highest BCUT2D eigenvalue weighted by Crippen LogP contribution is 2.25. The van der Waals surface area contributed by atoms with E-state index in [4.69, 9.17) is 9.84 Å². The molecule has 0 unspecified atom stereocenters. The van der Waals surface area contributed by atoms with Gasteiger partial charge in [-0.25, -0.2) is 0 Å². The molecule has 0 bridgehead atoms. The fourth-order valence-electron chi connectivity index (χ4n) is 4.12. The number of likely N-dealkylation sites (tertiary alicyclic amines) is 1. The Hall–Kier alpha value is -1.10. The van der Waals surface area contributed by atoms with Gasteiger partial charge in [0.05, 0.1) is 6.61 Å². The number of ether oxygens (including phenoxy) is 1. The van der Waals surface area contributed by atoms with Gasteiger partial charge in [-0.2, -0.15) is 0 Å². The first-order valence-electron chi connectivity index (χ1n) is 9.66. The van der Waals surface area contributed by atoms with E-state index in [0.29, 0.717) is 12.6 Å². The Bertz CT molecular complexity index is 480. The van der Waals surface area contributed by atoms with Crippen LogP contribution in [0.15, 0.2) is 24.3 Å². The van der Waals surface area contributed by atoms with E-state index in [1.165, 1.54) is 63.6 Å². The zero-order valence-electron chi connectivity index (χ0n) is 14.8. The van der Waals surface area contributed by atoms with Gasteiger partial charge in [0.1, 0.15) is 12.4 Å². The molecular formula is C20H32N2O2. The van der Waals surface area contributed by atoms with Gasteiger partial charge in [0, 0.05) is 24.2 Å². The lowest BCUT2D eigenvalue weighted by molar-refractivity contribution is 0.115. The zero-order chi connectivity index (χ0) is 16.6. The summed E-state index contributed by atoms with van der Waals surface area (Å²) >= 11 is 0. The molecule has 1 heterocycles. The molecule has 1 aromatic rings. The van der Waals surface area contributed by atoms with E-state index in [9.17, 15) is 0 Å². The molecule has 0 spiro atoms. The summed E-state index contributed by atoms with van der Waals surface area (Å²) in [7, 11) is 0. The van der Waals surface area contributed by atoms with Crippen LogP contribution in [0.2, 0.25) is 0 Å². The molecule has 2 N–H and O–H groups in total. The quantitative estimate of drug-likeness (QED) is 0.806.